The van der Waals surface area contributed by atoms with Crippen molar-refractivity contribution in [2.45, 2.75) is 25.7 Å². The minimum atomic E-state index is -0.432. The van der Waals surface area contributed by atoms with Gasteiger partial charge in [-0.2, -0.15) is 0 Å². The standard InChI is InChI=1S/C30H27N5O.C29H21N5O.C28H21FN4O.C28H21N5O3/c1-35(2)26-11-12-28-27(20-26)29(15-18-32-28)33-24-9-5-23(6-10-24)30(36)34-25-7-3-21(4-8-25)19-22-13-16-31-17-14-22;1-30-25-10-11-27-26(19-25)28(14-17-32-27)33-23-8-4-22(5-9-23)29(35)34-24-6-2-20(3-7-24)18-21-12-15-31-16-13-21;29-22-5-10-26-25(18-22)27(13-16-31-26)32-23-8-3-21(4-9-23)28(34)33-24-6-1-19(2-7-24)17-20-11-14-30-15-12-20;34-28(32-23-5-1-19(2-6-23)17-20-11-14-29-15-12-20)21-3-7-22(8-4-21)31-27-13-16-30-26-10-9-24(33(35)36)18-25(26)27/h3-18,20H,19H2,1-2H3,(H,32,33)(H,34,36);2-17,19H,18H2,(H,32,33)(H,34,35);1-16,18H,17H2,(H,31,32)(H,33,34);1-16,18H,17H2,(H,30,31)(H,32,34). The fourth-order valence-electron chi connectivity index (χ4n) is 15.4. The summed E-state index contributed by atoms with van der Waals surface area (Å²) < 4.78 is 13.7. The van der Waals surface area contributed by atoms with Gasteiger partial charge in [0, 0.05) is 218 Å². The van der Waals surface area contributed by atoms with E-state index in [1.54, 1.807) is 153 Å². The summed E-state index contributed by atoms with van der Waals surface area (Å²) in [4.78, 5) is 101. The van der Waals surface area contributed by atoms with E-state index in [4.69, 9.17) is 6.57 Å². The Bertz CT molecular complexity index is 7840. The smallest absolute Gasteiger partial charge is 0.270 e. The van der Waals surface area contributed by atoms with Crippen molar-refractivity contribution >= 4 is 153 Å². The van der Waals surface area contributed by atoms with E-state index in [-0.39, 0.29) is 35.1 Å². The van der Waals surface area contributed by atoms with Gasteiger partial charge in [0.1, 0.15) is 5.82 Å². The fourth-order valence-corrected chi connectivity index (χ4v) is 15.4. The molecule has 0 aliphatic rings. The van der Waals surface area contributed by atoms with Crippen molar-refractivity contribution in [3.05, 3.63) is 508 Å². The van der Waals surface area contributed by atoms with Crippen LogP contribution in [0.1, 0.15) is 85.9 Å². The zero-order valence-corrected chi connectivity index (χ0v) is 76.3. The molecule has 688 valence electrons. The summed E-state index contributed by atoms with van der Waals surface area (Å²) >= 11 is 0. The highest BCUT2D eigenvalue weighted by molar-refractivity contribution is 6.08. The number of nitrogens with zero attached hydrogens (tertiary/aromatic N) is 11. The first kappa shape index (κ1) is 93.4. The molecule has 26 heteroatoms. The van der Waals surface area contributed by atoms with Gasteiger partial charge in [-0.05, 0) is 343 Å². The molecule has 0 aliphatic heterocycles. The summed E-state index contributed by atoms with van der Waals surface area (Å²) in [5.41, 5.74) is 25.8. The molecule has 0 radical (unpaired) electrons. The van der Waals surface area contributed by atoms with Crippen LogP contribution in [0.5, 0.6) is 0 Å². The lowest BCUT2D eigenvalue weighted by Gasteiger charge is -2.15. The highest BCUT2D eigenvalue weighted by atomic mass is 19.1. The molecule has 0 spiro atoms. The summed E-state index contributed by atoms with van der Waals surface area (Å²) in [6, 6.07) is 104. The van der Waals surface area contributed by atoms with Crippen molar-refractivity contribution in [1.29, 1.82) is 0 Å². The predicted molar refractivity (Wildman–Crippen MR) is 559 cm³/mol. The summed E-state index contributed by atoms with van der Waals surface area (Å²) in [7, 11) is 4.04. The van der Waals surface area contributed by atoms with Crippen LogP contribution >= 0.6 is 0 Å². The molecule has 20 aromatic rings. The van der Waals surface area contributed by atoms with Crippen molar-refractivity contribution in [3.63, 3.8) is 0 Å². The number of rotatable bonds is 26. The average Bonchev–Trinajstić information content (AvgIpc) is 0.814. The van der Waals surface area contributed by atoms with Crippen LogP contribution in [0, 0.1) is 22.5 Å². The predicted octanol–water partition coefficient (Wildman–Crippen LogP) is 25.5. The monoisotopic (exact) mass is 1850 g/mol. The number of non-ortho nitro benzene ring substituents is 1. The second-order valence-electron chi connectivity index (χ2n) is 33.0. The lowest BCUT2D eigenvalue weighted by molar-refractivity contribution is -0.384. The lowest BCUT2D eigenvalue weighted by atomic mass is 10.1. The molecule has 8 N–H and O–H groups in total. The van der Waals surface area contributed by atoms with E-state index in [0.29, 0.717) is 61.1 Å². The van der Waals surface area contributed by atoms with Gasteiger partial charge in [0.25, 0.3) is 29.3 Å². The highest BCUT2D eigenvalue weighted by Crippen LogP contribution is 2.35. The van der Waals surface area contributed by atoms with Crippen LogP contribution in [0.25, 0.3) is 48.5 Å². The quantitative estimate of drug-likeness (QED) is 0.0142. The van der Waals surface area contributed by atoms with E-state index < -0.39 is 4.92 Å². The number of nitro benzene ring substituents is 1. The number of halogens is 1. The Morgan fingerprint density at radius 3 is 0.844 bits per heavy atom. The van der Waals surface area contributed by atoms with Gasteiger partial charge in [0.05, 0.1) is 33.6 Å². The third-order valence-corrected chi connectivity index (χ3v) is 22.9. The first-order valence-corrected chi connectivity index (χ1v) is 45.0. The molecule has 0 aliphatic carbocycles. The van der Waals surface area contributed by atoms with Gasteiger partial charge < -0.3 is 47.4 Å². The van der Waals surface area contributed by atoms with E-state index in [1.807, 2.05) is 239 Å². The van der Waals surface area contributed by atoms with Crippen LogP contribution in [0.2, 0.25) is 0 Å². The molecule has 4 amide bonds. The van der Waals surface area contributed by atoms with Crippen molar-refractivity contribution < 1.29 is 28.5 Å². The summed E-state index contributed by atoms with van der Waals surface area (Å²) in [6.07, 6.45) is 24.4. The van der Waals surface area contributed by atoms with Gasteiger partial charge in [0.2, 0.25) is 0 Å². The molecule has 8 heterocycles. The molecule has 0 saturated heterocycles. The number of carbonyl (C=O) groups is 4. The normalized spacial score (nSPS) is 10.7. The first-order chi connectivity index (χ1) is 68.9. The van der Waals surface area contributed by atoms with E-state index in [1.165, 1.54) is 52.1 Å². The van der Waals surface area contributed by atoms with Crippen molar-refractivity contribution in [2.24, 2.45) is 0 Å². The van der Waals surface area contributed by atoms with Crippen LogP contribution in [0.4, 0.5) is 89.7 Å². The second-order valence-corrected chi connectivity index (χ2v) is 33.0. The topological polar surface area (TPSA) is 318 Å². The average molecular weight is 1850 g/mol. The van der Waals surface area contributed by atoms with Crippen molar-refractivity contribution in [1.82, 2.24) is 39.9 Å². The first-order valence-electron chi connectivity index (χ1n) is 45.0. The summed E-state index contributed by atoms with van der Waals surface area (Å²) in [5.74, 6) is -1.04. The Balaban J connectivity index is 0.000000130. The number of anilines is 13. The zero-order valence-electron chi connectivity index (χ0n) is 76.3. The number of hydrogen-bond acceptors (Lipinski definition) is 19. The maximum absolute atomic E-state index is 13.7. The van der Waals surface area contributed by atoms with E-state index in [9.17, 15) is 33.7 Å². The second kappa shape index (κ2) is 45.1. The molecule has 0 fully saturated rings. The van der Waals surface area contributed by atoms with Crippen LogP contribution < -0.4 is 47.4 Å². The number of nitro groups is 1. The molecule has 141 heavy (non-hydrogen) atoms. The number of pyridine rings is 8. The van der Waals surface area contributed by atoms with E-state index in [2.05, 4.69) is 104 Å². The molecule has 12 aromatic carbocycles. The number of nitrogens with one attached hydrogen (secondary N) is 8. The Hall–Kier alpha value is -19.4. The Labute approximate surface area is 811 Å². The number of carbonyl (C=O) groups excluding carboxylic acids is 4. The molecular formula is C115H90FN19O6. The van der Waals surface area contributed by atoms with Crippen molar-refractivity contribution in [3.8, 4) is 0 Å². The third kappa shape index (κ3) is 25.4. The molecule has 0 saturated carbocycles. The van der Waals surface area contributed by atoms with Gasteiger partial charge in [0.15, 0.2) is 5.69 Å². The Morgan fingerprint density at radius 2 is 0.553 bits per heavy atom. The molecule has 0 bridgehead atoms. The van der Waals surface area contributed by atoms with Gasteiger partial charge in [-0.3, -0.25) is 69.2 Å². The summed E-state index contributed by atoms with van der Waals surface area (Å²) in [5, 5.41) is 39.5. The number of benzene rings is 12. The molecule has 0 unspecified atom stereocenters. The largest absolute Gasteiger partial charge is 0.378 e. The van der Waals surface area contributed by atoms with Gasteiger partial charge in [-0.15, -0.1) is 0 Å². The number of hydrogen-bond donors (Lipinski definition) is 8. The molecule has 25 nitrogen and oxygen atoms in total. The molecular weight excluding hydrogens is 1760 g/mol. The van der Waals surface area contributed by atoms with Gasteiger partial charge in [-0.25, -0.2) is 9.24 Å². The van der Waals surface area contributed by atoms with Crippen LogP contribution in [-0.4, -0.2) is 82.5 Å². The summed E-state index contributed by atoms with van der Waals surface area (Å²) in [6.45, 7) is 7.26. The molecule has 20 rings (SSSR count). The zero-order chi connectivity index (χ0) is 97.2. The van der Waals surface area contributed by atoms with Gasteiger partial charge in [-0.1, -0.05) is 54.6 Å². The Kier molecular flexibility index (Phi) is 29.9. The van der Waals surface area contributed by atoms with Crippen LogP contribution in [0.15, 0.2) is 414 Å². The van der Waals surface area contributed by atoms with Crippen LogP contribution in [0.3, 0.4) is 0 Å². The van der Waals surface area contributed by atoms with E-state index in [0.717, 1.165) is 127 Å². The van der Waals surface area contributed by atoms with Gasteiger partial charge >= 0.3 is 0 Å². The maximum Gasteiger partial charge on any atom is 0.270 e. The fraction of sp³-hybridized carbons (Fsp3) is 0.0522. The highest BCUT2D eigenvalue weighted by Gasteiger charge is 2.18. The molecule has 8 aromatic heterocycles. The minimum absolute atomic E-state index is 0.00373. The number of amides is 4. The Morgan fingerprint density at radius 1 is 0.298 bits per heavy atom. The lowest BCUT2D eigenvalue weighted by Crippen LogP contribution is -2.11. The number of aromatic nitrogens is 8. The van der Waals surface area contributed by atoms with Crippen LogP contribution in [-0.2, 0) is 25.7 Å². The van der Waals surface area contributed by atoms with E-state index >= 15 is 0 Å². The number of fused-ring (bicyclic) bond motifs is 4. The third-order valence-electron chi connectivity index (χ3n) is 22.9. The molecule has 0 atom stereocenters. The minimum Gasteiger partial charge on any atom is -0.378 e. The van der Waals surface area contributed by atoms with Crippen molar-refractivity contribution in [2.75, 3.05) is 61.5 Å². The SMILES string of the molecule is CN(C)c1ccc2nccc(Nc3ccc(C(=O)Nc4ccc(Cc5ccncc5)cc4)cc3)c2c1.O=C(Nc1ccc(Cc2ccncc2)cc1)c1ccc(Nc2ccnc3ccc(F)cc23)cc1.O=C(Nc1ccc(Cc2ccncc2)cc1)c1ccc(Nc2ccnc3ccc([N+](=O)[O-])cc23)cc1.[C-]#[N+]c1ccc2nccc(Nc3ccc(C(=O)Nc4ccc(Cc5ccncc5)cc4)cc3)c2c1. The maximum atomic E-state index is 13.7.